The van der Waals surface area contributed by atoms with Crippen LogP contribution in [-0.4, -0.2) is 35.5 Å². The second-order valence-electron chi connectivity index (χ2n) is 4.29. The molecule has 0 spiro atoms. The molecule has 0 saturated heterocycles. The number of hydrogen-bond acceptors (Lipinski definition) is 4. The second-order valence-corrected chi connectivity index (χ2v) is 6.31. The number of nitrogens with zero attached hydrogens (tertiary/aromatic N) is 2. The van der Waals surface area contributed by atoms with Gasteiger partial charge in [-0.25, -0.2) is 17.6 Å². The Balaban J connectivity index is 2.64. The lowest BCUT2D eigenvalue weighted by molar-refractivity contribution is 0.0689. The Kier molecular flexibility index (Phi) is 3.34. The summed E-state index contributed by atoms with van der Waals surface area (Å²) < 4.78 is 37.8. The number of aromatic nitrogens is 2. The molecule has 2 aromatic rings. The molecule has 20 heavy (non-hydrogen) atoms. The van der Waals surface area contributed by atoms with Gasteiger partial charge < -0.3 is 5.11 Å². The fourth-order valence-corrected chi connectivity index (χ4v) is 2.43. The Hall–Kier alpha value is -2.22. The van der Waals surface area contributed by atoms with Crippen molar-refractivity contribution in [3.63, 3.8) is 0 Å². The summed E-state index contributed by atoms with van der Waals surface area (Å²) in [5, 5.41) is 12.6. The van der Waals surface area contributed by atoms with Gasteiger partial charge in [0.05, 0.1) is 10.6 Å². The molecule has 1 N–H and O–H groups in total. The van der Waals surface area contributed by atoms with Gasteiger partial charge in [0, 0.05) is 18.9 Å². The van der Waals surface area contributed by atoms with E-state index in [4.69, 9.17) is 5.11 Å². The maximum absolute atomic E-state index is 13.5. The van der Waals surface area contributed by atoms with Gasteiger partial charge in [0.1, 0.15) is 5.82 Å². The fraction of sp³-hybridized carbons (Fsp3) is 0.167. The zero-order chi connectivity index (χ0) is 15.1. The largest absolute Gasteiger partial charge is 0.476 e. The molecule has 0 aliphatic rings. The first-order valence-electron chi connectivity index (χ1n) is 5.47. The number of benzene rings is 1. The van der Waals surface area contributed by atoms with E-state index in [1.165, 1.54) is 23.9 Å². The summed E-state index contributed by atoms with van der Waals surface area (Å²) in [7, 11) is -2.07. The van der Waals surface area contributed by atoms with Gasteiger partial charge >= 0.3 is 5.97 Å². The molecule has 0 atom stereocenters. The highest BCUT2D eigenvalue weighted by atomic mass is 32.2. The van der Waals surface area contributed by atoms with Crippen molar-refractivity contribution in [1.29, 1.82) is 0 Å². The number of carbonyl (C=O) groups is 1. The molecule has 0 aliphatic heterocycles. The number of hydrogen-bond donors (Lipinski definition) is 1. The average Bonchev–Trinajstić information content (AvgIpc) is 2.69. The number of aromatic carboxylic acids is 1. The lowest BCUT2D eigenvalue weighted by Gasteiger charge is -2.05. The number of aryl methyl sites for hydroxylation is 1. The molecule has 106 valence electrons. The molecule has 0 bridgehead atoms. The molecule has 1 aromatic heterocycles. The quantitative estimate of drug-likeness (QED) is 0.923. The Morgan fingerprint density at radius 3 is 2.45 bits per heavy atom. The second kappa shape index (κ2) is 4.71. The number of carboxylic acid groups (broad SMARTS) is 1. The van der Waals surface area contributed by atoms with Gasteiger partial charge in [0.25, 0.3) is 0 Å². The van der Waals surface area contributed by atoms with Crippen molar-refractivity contribution in [2.24, 2.45) is 7.05 Å². The van der Waals surface area contributed by atoms with Crippen LogP contribution in [-0.2, 0) is 16.9 Å². The Labute approximate surface area is 114 Å². The van der Waals surface area contributed by atoms with Crippen LogP contribution in [0.2, 0.25) is 0 Å². The molecule has 0 unspecified atom stereocenters. The summed E-state index contributed by atoms with van der Waals surface area (Å²) >= 11 is 0. The van der Waals surface area contributed by atoms with E-state index in [1.807, 2.05) is 0 Å². The summed E-state index contributed by atoms with van der Waals surface area (Å²) in [5.41, 5.74) is 0.354. The van der Waals surface area contributed by atoms with E-state index in [9.17, 15) is 17.6 Å². The molecule has 0 aliphatic carbocycles. The van der Waals surface area contributed by atoms with Gasteiger partial charge in [0.15, 0.2) is 15.5 Å². The third-order valence-electron chi connectivity index (χ3n) is 2.69. The van der Waals surface area contributed by atoms with Crippen LogP contribution in [0.1, 0.15) is 10.5 Å². The molecule has 0 amide bonds. The first-order chi connectivity index (χ1) is 9.18. The highest BCUT2D eigenvalue weighted by Crippen LogP contribution is 2.24. The van der Waals surface area contributed by atoms with Gasteiger partial charge in [0.2, 0.25) is 0 Å². The first-order valence-corrected chi connectivity index (χ1v) is 7.36. The smallest absolute Gasteiger partial charge is 0.356 e. The first kappa shape index (κ1) is 14.2. The fourth-order valence-electron chi connectivity index (χ4n) is 1.77. The van der Waals surface area contributed by atoms with Crippen molar-refractivity contribution in [2.75, 3.05) is 6.26 Å². The van der Waals surface area contributed by atoms with Crippen LogP contribution >= 0.6 is 0 Å². The van der Waals surface area contributed by atoms with E-state index in [1.54, 1.807) is 0 Å². The van der Waals surface area contributed by atoms with E-state index in [2.05, 4.69) is 5.10 Å². The minimum absolute atomic E-state index is 0.175. The van der Waals surface area contributed by atoms with E-state index >= 15 is 0 Å². The highest BCUT2D eigenvalue weighted by Gasteiger charge is 2.16. The van der Waals surface area contributed by atoms with Crippen LogP contribution in [0.25, 0.3) is 11.3 Å². The van der Waals surface area contributed by atoms with Crippen LogP contribution in [0.15, 0.2) is 29.2 Å². The van der Waals surface area contributed by atoms with Crippen LogP contribution in [0.5, 0.6) is 0 Å². The van der Waals surface area contributed by atoms with Crippen molar-refractivity contribution < 1.29 is 22.7 Å². The minimum Gasteiger partial charge on any atom is -0.476 e. The van der Waals surface area contributed by atoms with Crippen LogP contribution in [0.3, 0.4) is 0 Å². The summed E-state index contributed by atoms with van der Waals surface area (Å²) in [6, 6.07) is 4.56. The predicted octanol–water partition coefficient (Wildman–Crippen LogP) is 1.33. The third-order valence-corrected chi connectivity index (χ3v) is 3.79. The Bertz CT molecular complexity index is 796. The Morgan fingerprint density at radius 2 is 1.95 bits per heavy atom. The number of sulfone groups is 1. The van der Waals surface area contributed by atoms with E-state index in [0.29, 0.717) is 5.69 Å². The molecule has 8 heteroatoms. The SMILES string of the molecule is Cn1nc(C(=O)O)cc1-c1cc(F)cc(S(C)(=O)=O)c1. The number of carboxylic acids is 1. The number of rotatable bonds is 3. The zero-order valence-corrected chi connectivity index (χ0v) is 11.5. The van der Waals surface area contributed by atoms with Crippen molar-refractivity contribution in [3.05, 3.63) is 35.8 Å². The van der Waals surface area contributed by atoms with Gasteiger partial charge in [-0.2, -0.15) is 5.10 Å². The van der Waals surface area contributed by atoms with Crippen molar-refractivity contribution >= 4 is 15.8 Å². The third kappa shape index (κ3) is 2.69. The number of halogens is 1. The summed E-state index contributed by atoms with van der Waals surface area (Å²) in [4.78, 5) is 10.7. The van der Waals surface area contributed by atoms with Crippen molar-refractivity contribution in [1.82, 2.24) is 9.78 Å². The summed E-state index contributed by atoms with van der Waals surface area (Å²) in [5.74, 6) is -1.94. The maximum atomic E-state index is 13.5. The van der Waals surface area contributed by atoms with E-state index in [0.717, 1.165) is 18.4 Å². The monoisotopic (exact) mass is 298 g/mol. The zero-order valence-electron chi connectivity index (χ0n) is 10.7. The topological polar surface area (TPSA) is 89.3 Å². The van der Waals surface area contributed by atoms with Crippen LogP contribution in [0.4, 0.5) is 4.39 Å². The normalized spacial score (nSPS) is 11.6. The lowest BCUT2D eigenvalue weighted by atomic mass is 10.1. The summed E-state index contributed by atoms with van der Waals surface area (Å²) in [6.07, 6.45) is 0.970. The van der Waals surface area contributed by atoms with E-state index in [-0.39, 0.29) is 16.2 Å². The van der Waals surface area contributed by atoms with E-state index < -0.39 is 21.6 Å². The molecule has 0 saturated carbocycles. The van der Waals surface area contributed by atoms with Crippen molar-refractivity contribution in [2.45, 2.75) is 4.90 Å². The van der Waals surface area contributed by atoms with Crippen molar-refractivity contribution in [3.8, 4) is 11.3 Å². The lowest BCUT2D eigenvalue weighted by Crippen LogP contribution is -2.01. The highest BCUT2D eigenvalue weighted by molar-refractivity contribution is 7.90. The predicted molar refractivity (Wildman–Crippen MR) is 68.7 cm³/mol. The van der Waals surface area contributed by atoms with Crippen LogP contribution in [0, 0.1) is 5.82 Å². The minimum atomic E-state index is -3.56. The molecule has 1 heterocycles. The molecular formula is C12H11FN2O4S. The Morgan fingerprint density at radius 1 is 1.30 bits per heavy atom. The summed E-state index contributed by atoms with van der Waals surface area (Å²) in [6.45, 7) is 0. The molecule has 1 aromatic carbocycles. The van der Waals surface area contributed by atoms with Gasteiger partial charge in [-0.3, -0.25) is 4.68 Å². The molecule has 0 radical (unpaired) electrons. The van der Waals surface area contributed by atoms with Gasteiger partial charge in [-0.15, -0.1) is 0 Å². The van der Waals surface area contributed by atoms with Gasteiger partial charge in [-0.1, -0.05) is 0 Å². The average molecular weight is 298 g/mol. The molecule has 2 rings (SSSR count). The maximum Gasteiger partial charge on any atom is 0.356 e. The van der Waals surface area contributed by atoms with Gasteiger partial charge in [-0.05, 0) is 24.3 Å². The molecule has 6 nitrogen and oxygen atoms in total. The standard InChI is InChI=1S/C12H11FN2O4S/c1-15-11(6-10(14-15)12(16)17)7-3-8(13)5-9(4-7)20(2,18)19/h3-6H,1-2H3,(H,16,17). The van der Waals surface area contributed by atoms with Crippen LogP contribution < -0.4 is 0 Å². The molecule has 0 fully saturated rings. The molecular weight excluding hydrogens is 287 g/mol.